The molecule has 0 unspecified atom stereocenters. The largest absolute Gasteiger partial charge is 0.504 e. The quantitative estimate of drug-likeness (QED) is 0.323. The van der Waals surface area contributed by atoms with Crippen LogP contribution in [0, 0.1) is 0 Å². The normalized spacial score (nSPS) is 10.8. The average Bonchev–Trinajstić information content (AvgIpc) is 2.76. The lowest BCUT2D eigenvalue weighted by atomic mass is 10.1. The van der Waals surface area contributed by atoms with E-state index in [1.54, 1.807) is 24.3 Å². The highest BCUT2D eigenvalue weighted by atomic mass is 35.5. The SMILES string of the molecule is COc1cc(-c2ccc3ncc(NC(=O)Nc4c(Cl)cc(Cl)cc4Cl)nc3n2)ccc1O. The van der Waals surface area contributed by atoms with Crippen molar-refractivity contribution in [3.63, 3.8) is 0 Å². The van der Waals surface area contributed by atoms with Gasteiger partial charge in [-0.1, -0.05) is 34.8 Å². The predicted molar refractivity (Wildman–Crippen MR) is 125 cm³/mol. The average molecular weight is 491 g/mol. The van der Waals surface area contributed by atoms with Crippen molar-refractivity contribution in [3.8, 4) is 22.8 Å². The lowest BCUT2D eigenvalue weighted by molar-refractivity contribution is 0.262. The number of urea groups is 1. The second kappa shape index (κ2) is 9.04. The molecular formula is C21H14Cl3N5O3. The summed E-state index contributed by atoms with van der Waals surface area (Å²) >= 11 is 18.1. The maximum atomic E-state index is 12.4. The number of carbonyl (C=O) groups is 1. The lowest BCUT2D eigenvalue weighted by Gasteiger charge is -2.11. The van der Waals surface area contributed by atoms with Crippen LogP contribution in [0.5, 0.6) is 11.5 Å². The van der Waals surface area contributed by atoms with Gasteiger partial charge >= 0.3 is 6.03 Å². The van der Waals surface area contributed by atoms with Crippen LogP contribution in [-0.4, -0.2) is 33.2 Å². The van der Waals surface area contributed by atoms with E-state index in [1.165, 1.54) is 31.5 Å². The van der Waals surface area contributed by atoms with Crippen molar-refractivity contribution in [1.82, 2.24) is 15.0 Å². The number of anilines is 2. The van der Waals surface area contributed by atoms with Crippen molar-refractivity contribution >= 4 is 63.5 Å². The number of fused-ring (bicyclic) bond motifs is 1. The monoisotopic (exact) mass is 489 g/mol. The van der Waals surface area contributed by atoms with Crippen molar-refractivity contribution in [2.24, 2.45) is 0 Å². The summed E-state index contributed by atoms with van der Waals surface area (Å²) in [5, 5.41) is 15.7. The predicted octanol–water partition coefficient (Wildman–Crippen LogP) is 6.01. The van der Waals surface area contributed by atoms with Crippen LogP contribution in [0.25, 0.3) is 22.4 Å². The summed E-state index contributed by atoms with van der Waals surface area (Å²) in [5.74, 6) is 0.515. The molecule has 0 radical (unpaired) electrons. The van der Waals surface area contributed by atoms with Crippen molar-refractivity contribution in [1.29, 1.82) is 0 Å². The number of phenols is 1. The molecule has 0 bridgehead atoms. The van der Waals surface area contributed by atoms with Gasteiger partial charge < -0.3 is 15.2 Å². The molecule has 0 aliphatic carbocycles. The molecular weight excluding hydrogens is 477 g/mol. The van der Waals surface area contributed by atoms with Crippen molar-refractivity contribution in [2.75, 3.05) is 17.7 Å². The number of pyridine rings is 1. The summed E-state index contributed by atoms with van der Waals surface area (Å²) in [4.78, 5) is 25.5. The Morgan fingerprint density at radius 3 is 2.47 bits per heavy atom. The second-order valence-electron chi connectivity index (χ2n) is 6.50. The first-order valence-corrected chi connectivity index (χ1v) is 10.2. The number of amides is 2. The highest BCUT2D eigenvalue weighted by Gasteiger charge is 2.13. The second-order valence-corrected chi connectivity index (χ2v) is 7.76. The molecule has 32 heavy (non-hydrogen) atoms. The summed E-state index contributed by atoms with van der Waals surface area (Å²) in [6.07, 6.45) is 1.40. The third-order valence-electron chi connectivity index (χ3n) is 4.37. The molecule has 2 aromatic carbocycles. The number of ether oxygens (including phenoxy) is 1. The fraction of sp³-hybridized carbons (Fsp3) is 0.0476. The molecule has 2 amide bonds. The van der Waals surface area contributed by atoms with Gasteiger partial charge in [0.15, 0.2) is 23.0 Å². The minimum absolute atomic E-state index is 0.0234. The summed E-state index contributed by atoms with van der Waals surface area (Å²) in [7, 11) is 1.46. The zero-order valence-corrected chi connectivity index (χ0v) is 18.6. The number of aromatic hydroxyl groups is 1. The molecule has 0 aliphatic heterocycles. The molecule has 8 nitrogen and oxygen atoms in total. The van der Waals surface area contributed by atoms with Crippen molar-refractivity contribution in [3.05, 3.63) is 63.7 Å². The number of aromatic nitrogens is 3. The van der Waals surface area contributed by atoms with E-state index in [1.807, 2.05) is 0 Å². The Bertz CT molecular complexity index is 1330. The number of phenolic OH excluding ortho intramolecular Hbond substituents is 1. The maximum absolute atomic E-state index is 12.4. The number of methoxy groups -OCH3 is 1. The van der Waals surface area contributed by atoms with E-state index in [0.29, 0.717) is 33.2 Å². The Hall–Kier alpha value is -3.33. The minimum atomic E-state index is -0.621. The topological polar surface area (TPSA) is 109 Å². The number of nitrogens with one attached hydrogen (secondary N) is 2. The first-order valence-electron chi connectivity index (χ1n) is 9.08. The van der Waals surface area contributed by atoms with Gasteiger partial charge in [-0.25, -0.2) is 19.7 Å². The number of nitrogens with zero attached hydrogens (tertiary/aromatic N) is 3. The van der Waals surface area contributed by atoms with E-state index in [4.69, 9.17) is 39.5 Å². The highest BCUT2D eigenvalue weighted by Crippen LogP contribution is 2.34. The van der Waals surface area contributed by atoms with E-state index in [-0.39, 0.29) is 27.3 Å². The Balaban J connectivity index is 1.58. The van der Waals surface area contributed by atoms with E-state index in [0.717, 1.165) is 0 Å². The van der Waals surface area contributed by atoms with Crippen LogP contribution >= 0.6 is 34.8 Å². The number of carbonyl (C=O) groups excluding carboxylic acids is 1. The zero-order chi connectivity index (χ0) is 22.8. The van der Waals surface area contributed by atoms with Gasteiger partial charge in [-0.15, -0.1) is 0 Å². The molecule has 0 atom stereocenters. The molecule has 3 N–H and O–H groups in total. The Morgan fingerprint density at radius 2 is 1.75 bits per heavy atom. The van der Waals surface area contributed by atoms with Crippen LogP contribution in [0.4, 0.5) is 16.3 Å². The van der Waals surface area contributed by atoms with Crippen LogP contribution < -0.4 is 15.4 Å². The van der Waals surface area contributed by atoms with Crippen molar-refractivity contribution in [2.45, 2.75) is 0 Å². The number of rotatable bonds is 4. The van der Waals surface area contributed by atoms with Gasteiger partial charge in [0.1, 0.15) is 5.52 Å². The van der Waals surface area contributed by atoms with Gasteiger partial charge in [-0.2, -0.15) is 0 Å². The lowest BCUT2D eigenvalue weighted by Crippen LogP contribution is -2.20. The van der Waals surface area contributed by atoms with Gasteiger partial charge in [0.25, 0.3) is 0 Å². The maximum Gasteiger partial charge on any atom is 0.324 e. The third-order valence-corrected chi connectivity index (χ3v) is 5.18. The molecule has 162 valence electrons. The Labute approximate surface area is 197 Å². The van der Waals surface area contributed by atoms with E-state index < -0.39 is 6.03 Å². The van der Waals surface area contributed by atoms with E-state index in [9.17, 15) is 9.90 Å². The summed E-state index contributed by atoms with van der Waals surface area (Å²) in [6, 6.07) is 10.7. The highest BCUT2D eigenvalue weighted by molar-refractivity contribution is 6.42. The number of benzene rings is 2. The molecule has 0 spiro atoms. The standard InChI is InChI=1S/C21H14Cl3N5O3/c1-32-17-6-10(2-5-16(17)30)14-3-4-15-20(26-14)27-18(9-25-15)28-21(31)29-19-12(23)7-11(22)8-13(19)24/h2-9,30H,1H3,(H2,26,27,28,29,31). The minimum Gasteiger partial charge on any atom is -0.504 e. The molecule has 0 saturated carbocycles. The number of halogens is 3. The molecule has 4 aromatic rings. The number of hydrogen-bond donors (Lipinski definition) is 3. The van der Waals surface area contributed by atoms with Gasteiger partial charge in [-0.3, -0.25) is 5.32 Å². The zero-order valence-electron chi connectivity index (χ0n) is 16.4. The van der Waals surface area contributed by atoms with Crippen molar-refractivity contribution < 1.29 is 14.6 Å². The van der Waals surface area contributed by atoms with Gasteiger partial charge in [-0.05, 0) is 42.5 Å². The number of hydrogen-bond acceptors (Lipinski definition) is 6. The molecule has 2 aromatic heterocycles. The molecule has 4 rings (SSSR count). The first-order chi connectivity index (χ1) is 15.3. The fourth-order valence-corrected chi connectivity index (χ4v) is 3.79. The van der Waals surface area contributed by atoms with Crippen LogP contribution in [0.2, 0.25) is 15.1 Å². The van der Waals surface area contributed by atoms with E-state index in [2.05, 4.69) is 25.6 Å². The fourth-order valence-electron chi connectivity index (χ4n) is 2.88. The van der Waals surface area contributed by atoms with Gasteiger partial charge in [0, 0.05) is 10.6 Å². The molecule has 2 heterocycles. The van der Waals surface area contributed by atoms with Crippen LogP contribution in [0.15, 0.2) is 48.7 Å². The smallest absolute Gasteiger partial charge is 0.324 e. The van der Waals surface area contributed by atoms with Gasteiger partial charge in [0.05, 0.1) is 34.7 Å². The van der Waals surface area contributed by atoms with E-state index >= 15 is 0 Å². The molecule has 0 fully saturated rings. The van der Waals surface area contributed by atoms with Crippen LogP contribution in [0.1, 0.15) is 0 Å². The molecule has 0 aliphatic rings. The molecule has 11 heteroatoms. The Kier molecular flexibility index (Phi) is 6.18. The van der Waals surface area contributed by atoms with Gasteiger partial charge in [0.2, 0.25) is 0 Å². The summed E-state index contributed by atoms with van der Waals surface area (Å²) in [5.41, 5.74) is 2.37. The van der Waals surface area contributed by atoms with Crippen LogP contribution in [-0.2, 0) is 0 Å². The first kappa shape index (κ1) is 21.9. The van der Waals surface area contributed by atoms with Crippen LogP contribution in [0.3, 0.4) is 0 Å². The third kappa shape index (κ3) is 4.62. The molecule has 0 saturated heterocycles. The Morgan fingerprint density at radius 1 is 1.00 bits per heavy atom. The summed E-state index contributed by atoms with van der Waals surface area (Å²) in [6.45, 7) is 0. The summed E-state index contributed by atoms with van der Waals surface area (Å²) < 4.78 is 5.14.